The van der Waals surface area contributed by atoms with Crippen LogP contribution >= 0.6 is 11.3 Å². The lowest BCUT2D eigenvalue weighted by Gasteiger charge is -2.14. The minimum absolute atomic E-state index is 0.212. The molecule has 0 spiro atoms. The van der Waals surface area contributed by atoms with Crippen LogP contribution in [0.15, 0.2) is 53.5 Å². The maximum atomic E-state index is 13.8. The molecule has 1 heterocycles. The van der Waals surface area contributed by atoms with Gasteiger partial charge in [0.25, 0.3) is 0 Å². The molecule has 1 aromatic heterocycles. The highest BCUT2D eigenvalue weighted by molar-refractivity contribution is 7.19. The van der Waals surface area contributed by atoms with Gasteiger partial charge in [-0.1, -0.05) is 24.3 Å². The lowest BCUT2D eigenvalue weighted by Crippen LogP contribution is -2.39. The fraction of sp³-hybridized carbons (Fsp3) is 0.286. The Bertz CT molecular complexity index is 925. The lowest BCUT2D eigenvalue weighted by atomic mass is 10.2. The molecule has 28 heavy (non-hydrogen) atoms. The van der Waals surface area contributed by atoms with Crippen molar-refractivity contribution >= 4 is 27.4 Å². The number of nitrogens with zero attached hydrogens (tertiary/aromatic N) is 1. The van der Waals surface area contributed by atoms with E-state index in [-0.39, 0.29) is 5.75 Å². The minimum Gasteiger partial charge on any atom is -0.494 e. The van der Waals surface area contributed by atoms with E-state index in [9.17, 15) is 9.50 Å². The summed E-state index contributed by atoms with van der Waals surface area (Å²) in [4.78, 5) is 5.37. The molecule has 0 amide bonds. The molecule has 2 aromatic carbocycles. The summed E-state index contributed by atoms with van der Waals surface area (Å²) < 4.78 is 19.9. The number of hydrogen-bond donors (Lipinski definition) is 3. The van der Waals surface area contributed by atoms with Gasteiger partial charge in [-0.05, 0) is 42.1 Å². The number of benzene rings is 2. The Kier molecular flexibility index (Phi) is 6.84. The summed E-state index contributed by atoms with van der Waals surface area (Å²) in [6.07, 6.45) is -0.639. The molecule has 1 atom stereocenters. The summed E-state index contributed by atoms with van der Waals surface area (Å²) in [5.74, 6) is 0.372. The quantitative estimate of drug-likeness (QED) is 0.416. The van der Waals surface area contributed by atoms with E-state index in [0.29, 0.717) is 25.6 Å². The maximum Gasteiger partial charge on any atom is 0.191 e. The van der Waals surface area contributed by atoms with Gasteiger partial charge in [0.05, 0.1) is 13.7 Å². The van der Waals surface area contributed by atoms with Crippen LogP contribution in [0.25, 0.3) is 10.1 Å². The normalized spacial score (nSPS) is 12.8. The number of aliphatic imine (C=N–C) groups is 1. The third-order valence-electron chi connectivity index (χ3n) is 4.22. The van der Waals surface area contributed by atoms with E-state index in [1.165, 1.54) is 13.2 Å². The van der Waals surface area contributed by atoms with Gasteiger partial charge < -0.3 is 20.5 Å². The fourth-order valence-electron chi connectivity index (χ4n) is 2.78. The van der Waals surface area contributed by atoms with Gasteiger partial charge in [-0.3, -0.25) is 0 Å². The smallest absolute Gasteiger partial charge is 0.191 e. The van der Waals surface area contributed by atoms with Crippen LogP contribution in [0.3, 0.4) is 0 Å². The van der Waals surface area contributed by atoms with Gasteiger partial charge in [-0.15, -0.1) is 11.3 Å². The number of nitrogens with one attached hydrogen (secondary N) is 2. The van der Waals surface area contributed by atoms with Gasteiger partial charge in [-0.25, -0.2) is 9.38 Å². The molecule has 3 rings (SSSR count). The van der Waals surface area contributed by atoms with Gasteiger partial charge >= 0.3 is 0 Å². The Labute approximate surface area is 167 Å². The average molecular weight is 402 g/mol. The van der Waals surface area contributed by atoms with Crippen molar-refractivity contribution in [2.45, 2.75) is 19.6 Å². The average Bonchev–Trinajstić information content (AvgIpc) is 3.14. The minimum atomic E-state index is -0.639. The number of aliphatic hydroxyl groups excluding tert-OH is 1. The third-order valence-corrected chi connectivity index (χ3v) is 5.43. The van der Waals surface area contributed by atoms with E-state index in [4.69, 9.17) is 4.74 Å². The first-order valence-corrected chi connectivity index (χ1v) is 9.93. The second-order valence-corrected chi connectivity index (χ2v) is 7.36. The number of halogens is 1. The number of methoxy groups -OCH3 is 1. The molecule has 3 aromatic rings. The summed E-state index contributed by atoms with van der Waals surface area (Å²) in [6, 6.07) is 14.9. The highest BCUT2D eigenvalue weighted by atomic mass is 32.1. The number of hydrogen-bond acceptors (Lipinski definition) is 4. The molecule has 1 unspecified atom stereocenters. The van der Waals surface area contributed by atoms with Gasteiger partial charge in [0, 0.05) is 22.7 Å². The zero-order valence-electron chi connectivity index (χ0n) is 15.9. The van der Waals surface area contributed by atoms with Crippen molar-refractivity contribution < 1.29 is 14.2 Å². The van der Waals surface area contributed by atoms with Crippen LogP contribution in [0.1, 0.15) is 23.5 Å². The van der Waals surface area contributed by atoms with E-state index in [1.54, 1.807) is 23.5 Å². The predicted molar refractivity (Wildman–Crippen MR) is 113 cm³/mol. The first kappa shape index (κ1) is 20.1. The summed E-state index contributed by atoms with van der Waals surface area (Å²) >= 11 is 1.58. The van der Waals surface area contributed by atoms with Crippen molar-refractivity contribution in [3.05, 3.63) is 64.8 Å². The number of fused-ring (bicyclic) bond motifs is 1. The monoisotopic (exact) mass is 401 g/mol. The summed E-state index contributed by atoms with van der Waals surface area (Å²) in [5.41, 5.74) is 0.737. The van der Waals surface area contributed by atoms with Gasteiger partial charge in [-0.2, -0.15) is 0 Å². The van der Waals surface area contributed by atoms with Gasteiger partial charge in [0.1, 0.15) is 6.10 Å². The zero-order valence-corrected chi connectivity index (χ0v) is 16.7. The van der Waals surface area contributed by atoms with Crippen molar-refractivity contribution in [1.82, 2.24) is 10.6 Å². The van der Waals surface area contributed by atoms with E-state index in [0.717, 1.165) is 20.5 Å². The predicted octanol–water partition coefficient (Wildman–Crippen LogP) is 3.84. The molecule has 7 heteroatoms. The Morgan fingerprint density at radius 2 is 2.04 bits per heavy atom. The molecule has 5 nitrogen and oxygen atoms in total. The van der Waals surface area contributed by atoms with Crippen LogP contribution in [-0.4, -0.2) is 31.3 Å². The standard InChI is InChI=1S/C21H24FN3O2S/c1-3-23-21(24-12-14-8-9-18(27-2)16(22)10-14)25-13-17(26)20-11-15-6-4-5-7-19(15)28-20/h4-11,17,26H,3,12-13H2,1-2H3,(H2,23,24,25). The number of rotatable bonds is 7. The van der Waals surface area contributed by atoms with E-state index in [1.807, 2.05) is 37.3 Å². The van der Waals surface area contributed by atoms with Gasteiger partial charge in [0.15, 0.2) is 17.5 Å². The van der Waals surface area contributed by atoms with Crippen molar-refractivity contribution in [3.8, 4) is 5.75 Å². The SMILES string of the molecule is CCNC(=NCc1ccc(OC)c(F)c1)NCC(O)c1cc2ccccc2s1. The lowest BCUT2D eigenvalue weighted by molar-refractivity contribution is 0.184. The number of ether oxygens (including phenoxy) is 1. The van der Waals surface area contributed by atoms with Crippen LogP contribution in [0.2, 0.25) is 0 Å². The second-order valence-electron chi connectivity index (χ2n) is 6.25. The molecule has 0 fully saturated rings. The van der Waals surface area contributed by atoms with Crippen LogP contribution < -0.4 is 15.4 Å². The number of guanidine groups is 1. The van der Waals surface area contributed by atoms with E-state index < -0.39 is 11.9 Å². The molecule has 3 N–H and O–H groups in total. The van der Waals surface area contributed by atoms with Crippen molar-refractivity contribution in [3.63, 3.8) is 0 Å². The molecule has 0 saturated carbocycles. The Morgan fingerprint density at radius 1 is 1.21 bits per heavy atom. The summed E-state index contributed by atoms with van der Waals surface area (Å²) in [6.45, 7) is 3.29. The molecule has 0 bridgehead atoms. The zero-order chi connectivity index (χ0) is 19.9. The Hall–Kier alpha value is -2.64. The van der Waals surface area contributed by atoms with Gasteiger partial charge in [0.2, 0.25) is 0 Å². The van der Waals surface area contributed by atoms with Crippen molar-refractivity contribution in [1.29, 1.82) is 0 Å². The van der Waals surface area contributed by atoms with Crippen LogP contribution in [0, 0.1) is 5.82 Å². The van der Waals surface area contributed by atoms with Crippen LogP contribution in [0.4, 0.5) is 4.39 Å². The Morgan fingerprint density at radius 3 is 2.75 bits per heavy atom. The topological polar surface area (TPSA) is 65.9 Å². The van der Waals surface area contributed by atoms with E-state index in [2.05, 4.69) is 15.6 Å². The summed E-state index contributed by atoms with van der Waals surface area (Å²) in [5, 5.41) is 17.9. The molecular formula is C21H24FN3O2S. The Balaban J connectivity index is 1.63. The number of thiophene rings is 1. The largest absolute Gasteiger partial charge is 0.494 e. The maximum absolute atomic E-state index is 13.8. The van der Waals surface area contributed by atoms with Crippen LogP contribution in [-0.2, 0) is 6.54 Å². The van der Waals surface area contributed by atoms with E-state index >= 15 is 0 Å². The van der Waals surface area contributed by atoms with Crippen LogP contribution in [0.5, 0.6) is 5.75 Å². The second kappa shape index (κ2) is 9.52. The molecule has 0 saturated heterocycles. The molecule has 0 aliphatic carbocycles. The fourth-order valence-corrected chi connectivity index (χ4v) is 3.83. The molecule has 148 valence electrons. The summed E-state index contributed by atoms with van der Waals surface area (Å²) in [7, 11) is 1.44. The first-order chi connectivity index (χ1) is 13.6. The molecular weight excluding hydrogens is 377 g/mol. The highest BCUT2D eigenvalue weighted by Crippen LogP contribution is 2.29. The molecule has 0 aliphatic rings. The number of aliphatic hydroxyl groups is 1. The van der Waals surface area contributed by atoms with Crippen molar-refractivity contribution in [2.75, 3.05) is 20.2 Å². The van der Waals surface area contributed by atoms with Crippen molar-refractivity contribution in [2.24, 2.45) is 4.99 Å². The first-order valence-electron chi connectivity index (χ1n) is 9.12. The molecule has 0 radical (unpaired) electrons. The molecule has 0 aliphatic heterocycles. The third kappa shape index (κ3) is 4.99. The highest BCUT2D eigenvalue weighted by Gasteiger charge is 2.12.